The van der Waals surface area contributed by atoms with E-state index in [0.717, 1.165) is 25.8 Å². The first-order chi connectivity index (χ1) is 7.97. The summed E-state index contributed by atoms with van der Waals surface area (Å²) in [6.07, 6.45) is 3.03. The SMILES string of the molecule is C=C(C)C(=O)OC(C)N(CCC)C(CC)CC. The lowest BCUT2D eigenvalue weighted by Crippen LogP contribution is -2.44. The van der Waals surface area contributed by atoms with Crippen LogP contribution in [-0.4, -0.2) is 29.7 Å². The standard InChI is InChI=1S/C14H27NO2/c1-7-10-15(13(8-2)9-3)12(6)17-14(16)11(4)5/h12-13H,4,7-10H2,1-3,5-6H3. The Kier molecular flexibility index (Phi) is 7.88. The van der Waals surface area contributed by atoms with Gasteiger partial charge in [-0.3, -0.25) is 4.90 Å². The summed E-state index contributed by atoms with van der Waals surface area (Å²) in [5.74, 6) is -0.301. The van der Waals surface area contributed by atoms with Gasteiger partial charge in [-0.05, 0) is 33.1 Å². The molecule has 0 amide bonds. The Balaban J connectivity index is 4.57. The van der Waals surface area contributed by atoms with E-state index in [1.54, 1.807) is 6.92 Å². The van der Waals surface area contributed by atoms with Gasteiger partial charge in [0.15, 0.2) is 6.23 Å². The maximum absolute atomic E-state index is 11.5. The van der Waals surface area contributed by atoms with Gasteiger partial charge in [0, 0.05) is 18.2 Å². The van der Waals surface area contributed by atoms with Crippen LogP contribution in [0.2, 0.25) is 0 Å². The largest absolute Gasteiger partial charge is 0.443 e. The first kappa shape index (κ1) is 16.2. The van der Waals surface area contributed by atoms with Crippen molar-refractivity contribution in [3.05, 3.63) is 12.2 Å². The van der Waals surface area contributed by atoms with Crippen LogP contribution in [0.15, 0.2) is 12.2 Å². The maximum atomic E-state index is 11.5. The van der Waals surface area contributed by atoms with Gasteiger partial charge in [0.05, 0.1) is 0 Å². The summed E-state index contributed by atoms with van der Waals surface area (Å²) in [4.78, 5) is 13.8. The molecule has 0 fully saturated rings. The normalized spacial score (nSPS) is 12.9. The van der Waals surface area contributed by atoms with Crippen LogP contribution in [0.4, 0.5) is 0 Å². The molecule has 0 aliphatic rings. The van der Waals surface area contributed by atoms with Crippen LogP contribution in [0.5, 0.6) is 0 Å². The van der Waals surface area contributed by atoms with E-state index in [-0.39, 0.29) is 12.2 Å². The highest BCUT2D eigenvalue weighted by atomic mass is 16.6. The number of hydrogen-bond acceptors (Lipinski definition) is 3. The van der Waals surface area contributed by atoms with Gasteiger partial charge in [-0.1, -0.05) is 27.4 Å². The highest BCUT2D eigenvalue weighted by molar-refractivity contribution is 5.87. The number of rotatable bonds is 8. The second-order valence-electron chi connectivity index (χ2n) is 4.49. The van der Waals surface area contributed by atoms with E-state index in [2.05, 4.69) is 32.3 Å². The minimum atomic E-state index is -0.301. The van der Waals surface area contributed by atoms with Crippen molar-refractivity contribution >= 4 is 5.97 Å². The summed E-state index contributed by atoms with van der Waals surface area (Å²) in [6, 6.07) is 0.475. The predicted octanol–water partition coefficient (Wildman–Crippen LogP) is 3.35. The zero-order chi connectivity index (χ0) is 13.4. The first-order valence-corrected chi connectivity index (χ1v) is 6.60. The lowest BCUT2D eigenvalue weighted by molar-refractivity contribution is -0.155. The van der Waals surface area contributed by atoms with E-state index in [4.69, 9.17) is 4.74 Å². The molecular weight excluding hydrogens is 214 g/mol. The molecule has 0 aromatic carbocycles. The van der Waals surface area contributed by atoms with Crippen LogP contribution in [0.25, 0.3) is 0 Å². The zero-order valence-electron chi connectivity index (χ0n) is 12.0. The van der Waals surface area contributed by atoms with Gasteiger partial charge >= 0.3 is 5.97 Å². The van der Waals surface area contributed by atoms with Crippen molar-refractivity contribution in [2.75, 3.05) is 6.54 Å². The number of ether oxygens (including phenoxy) is 1. The Morgan fingerprint density at radius 2 is 1.82 bits per heavy atom. The second-order valence-corrected chi connectivity index (χ2v) is 4.49. The van der Waals surface area contributed by atoms with E-state index < -0.39 is 0 Å². The molecule has 0 aromatic rings. The Hall–Kier alpha value is -0.830. The zero-order valence-corrected chi connectivity index (χ0v) is 12.0. The van der Waals surface area contributed by atoms with Gasteiger partial charge < -0.3 is 4.74 Å². The van der Waals surface area contributed by atoms with Gasteiger partial charge in [0.1, 0.15) is 0 Å². The van der Waals surface area contributed by atoms with Crippen molar-refractivity contribution in [3.8, 4) is 0 Å². The van der Waals surface area contributed by atoms with Crippen molar-refractivity contribution in [1.29, 1.82) is 0 Å². The number of carbonyl (C=O) groups excluding carboxylic acids is 1. The highest BCUT2D eigenvalue weighted by Gasteiger charge is 2.23. The summed E-state index contributed by atoms with van der Waals surface area (Å²) >= 11 is 0. The Bertz CT molecular complexity index is 247. The van der Waals surface area contributed by atoms with E-state index in [1.165, 1.54) is 0 Å². The highest BCUT2D eigenvalue weighted by Crippen LogP contribution is 2.15. The molecule has 1 unspecified atom stereocenters. The quantitative estimate of drug-likeness (QED) is 0.371. The first-order valence-electron chi connectivity index (χ1n) is 6.60. The van der Waals surface area contributed by atoms with Crippen LogP contribution >= 0.6 is 0 Å². The molecule has 0 rings (SSSR count). The molecule has 0 radical (unpaired) electrons. The average molecular weight is 241 g/mol. The minimum absolute atomic E-state index is 0.177. The van der Waals surface area contributed by atoms with Gasteiger partial charge in [0.2, 0.25) is 0 Å². The molecule has 17 heavy (non-hydrogen) atoms. The summed E-state index contributed by atoms with van der Waals surface area (Å²) in [7, 11) is 0. The molecule has 0 aromatic heterocycles. The van der Waals surface area contributed by atoms with E-state index in [9.17, 15) is 4.79 Å². The van der Waals surface area contributed by atoms with Crippen LogP contribution in [-0.2, 0) is 9.53 Å². The van der Waals surface area contributed by atoms with Crippen LogP contribution in [0.3, 0.4) is 0 Å². The molecule has 0 aliphatic carbocycles. The third-order valence-electron chi connectivity index (χ3n) is 2.99. The summed E-state index contributed by atoms with van der Waals surface area (Å²) in [5.41, 5.74) is 0.456. The Morgan fingerprint density at radius 3 is 2.18 bits per heavy atom. The predicted molar refractivity (Wildman–Crippen MR) is 71.7 cm³/mol. The van der Waals surface area contributed by atoms with Crippen LogP contribution in [0, 0.1) is 0 Å². The number of nitrogens with zero attached hydrogens (tertiary/aromatic N) is 1. The molecule has 0 heterocycles. The third kappa shape index (κ3) is 5.35. The molecule has 0 N–H and O–H groups in total. The van der Waals surface area contributed by atoms with Gasteiger partial charge in [-0.15, -0.1) is 0 Å². The Labute approximate surface area is 106 Å². The third-order valence-corrected chi connectivity index (χ3v) is 2.99. The van der Waals surface area contributed by atoms with Gasteiger partial charge in [-0.25, -0.2) is 4.79 Å². The molecule has 1 atom stereocenters. The average Bonchev–Trinajstić information content (AvgIpc) is 2.29. The number of esters is 1. The molecule has 0 saturated heterocycles. The van der Waals surface area contributed by atoms with Crippen molar-refractivity contribution < 1.29 is 9.53 Å². The second kappa shape index (κ2) is 8.29. The lowest BCUT2D eigenvalue weighted by atomic mass is 10.1. The fourth-order valence-corrected chi connectivity index (χ4v) is 2.00. The van der Waals surface area contributed by atoms with Gasteiger partial charge in [-0.2, -0.15) is 0 Å². The maximum Gasteiger partial charge on any atom is 0.334 e. The van der Waals surface area contributed by atoms with Crippen molar-refractivity contribution in [2.24, 2.45) is 0 Å². The summed E-state index contributed by atoms with van der Waals surface area (Å²) in [5, 5.41) is 0. The van der Waals surface area contributed by atoms with E-state index in [0.29, 0.717) is 11.6 Å². The fraction of sp³-hybridized carbons (Fsp3) is 0.786. The molecule has 3 nitrogen and oxygen atoms in total. The van der Waals surface area contributed by atoms with E-state index in [1.807, 2.05) is 6.92 Å². The van der Waals surface area contributed by atoms with Crippen LogP contribution < -0.4 is 0 Å². The molecule has 3 heteroatoms. The fourth-order valence-electron chi connectivity index (χ4n) is 2.00. The molecular formula is C14H27NO2. The number of carbonyl (C=O) groups is 1. The summed E-state index contributed by atoms with van der Waals surface area (Å²) in [6.45, 7) is 14.7. The van der Waals surface area contributed by atoms with Crippen LogP contribution in [0.1, 0.15) is 53.9 Å². The smallest absolute Gasteiger partial charge is 0.334 e. The molecule has 100 valence electrons. The molecule has 0 bridgehead atoms. The molecule has 0 spiro atoms. The van der Waals surface area contributed by atoms with Crippen molar-refractivity contribution in [3.63, 3.8) is 0 Å². The topological polar surface area (TPSA) is 29.5 Å². The minimum Gasteiger partial charge on any atom is -0.443 e. The van der Waals surface area contributed by atoms with Gasteiger partial charge in [0.25, 0.3) is 0 Å². The Morgan fingerprint density at radius 1 is 1.29 bits per heavy atom. The van der Waals surface area contributed by atoms with Crippen molar-refractivity contribution in [1.82, 2.24) is 4.90 Å². The number of hydrogen-bond donors (Lipinski definition) is 0. The lowest BCUT2D eigenvalue weighted by Gasteiger charge is -2.34. The molecule has 0 saturated carbocycles. The van der Waals surface area contributed by atoms with E-state index >= 15 is 0 Å². The van der Waals surface area contributed by atoms with Crippen molar-refractivity contribution in [2.45, 2.75) is 66.2 Å². The molecule has 0 aliphatic heterocycles. The monoisotopic (exact) mass is 241 g/mol. The summed E-state index contributed by atoms with van der Waals surface area (Å²) < 4.78 is 5.40.